The second kappa shape index (κ2) is 4.39. The van der Waals surface area contributed by atoms with Crippen LogP contribution < -0.4 is 0 Å². The topological polar surface area (TPSA) is 42.9 Å². The van der Waals surface area contributed by atoms with Crippen molar-refractivity contribution in [2.24, 2.45) is 5.92 Å². The highest BCUT2D eigenvalue weighted by atomic mass is 32.1. The number of hydrogen-bond donors (Lipinski definition) is 0. The third-order valence-electron chi connectivity index (χ3n) is 2.41. The summed E-state index contributed by atoms with van der Waals surface area (Å²) in [5.41, 5.74) is 0. The van der Waals surface area contributed by atoms with Gasteiger partial charge in [0.25, 0.3) is 0 Å². The monoisotopic (exact) mass is 224 g/mol. The molecule has 0 bridgehead atoms. The van der Waals surface area contributed by atoms with E-state index in [0.29, 0.717) is 24.7 Å². The van der Waals surface area contributed by atoms with Crippen molar-refractivity contribution in [1.82, 2.24) is 9.36 Å². The van der Waals surface area contributed by atoms with Gasteiger partial charge in [-0.05, 0) is 30.3 Å². The minimum atomic E-state index is 0.281. The first-order valence-corrected chi connectivity index (χ1v) is 6.26. The summed E-state index contributed by atoms with van der Waals surface area (Å²) in [5, 5.41) is 0.891. The van der Waals surface area contributed by atoms with Crippen LogP contribution in [0.25, 0.3) is 0 Å². The Balaban J connectivity index is 1.89. The first-order valence-electron chi connectivity index (χ1n) is 5.49. The quantitative estimate of drug-likeness (QED) is 0.772. The van der Waals surface area contributed by atoms with Crippen LogP contribution in [0.5, 0.6) is 0 Å². The van der Waals surface area contributed by atoms with Gasteiger partial charge in [-0.3, -0.25) is 4.79 Å². The van der Waals surface area contributed by atoms with Gasteiger partial charge in [-0.2, -0.15) is 4.37 Å². The Bertz CT molecular complexity index is 355. The molecule has 0 amide bonds. The zero-order valence-corrected chi connectivity index (χ0v) is 10.0. The highest BCUT2D eigenvalue weighted by Crippen LogP contribution is 2.38. The number of carbonyl (C=O) groups excluding carboxylic acids is 1. The van der Waals surface area contributed by atoms with E-state index in [-0.39, 0.29) is 5.78 Å². The molecule has 1 fully saturated rings. The number of carbonyl (C=O) groups is 1. The van der Waals surface area contributed by atoms with Gasteiger partial charge in [-0.15, -0.1) is 0 Å². The molecule has 0 spiro atoms. The molecule has 1 saturated carbocycles. The SMILES string of the molecule is CC(C)CC(=O)Cc1nc(C2CC2)ns1. The first kappa shape index (κ1) is 10.7. The minimum absolute atomic E-state index is 0.281. The Hall–Kier alpha value is -0.770. The van der Waals surface area contributed by atoms with E-state index in [2.05, 4.69) is 23.2 Å². The number of nitrogens with zero attached hydrogens (tertiary/aromatic N) is 2. The van der Waals surface area contributed by atoms with Crippen LogP contribution in [0, 0.1) is 5.92 Å². The van der Waals surface area contributed by atoms with Gasteiger partial charge >= 0.3 is 0 Å². The molecule has 1 heterocycles. The predicted octanol–water partition coefficient (Wildman–Crippen LogP) is 2.57. The van der Waals surface area contributed by atoms with Crippen LogP contribution in [-0.4, -0.2) is 15.1 Å². The van der Waals surface area contributed by atoms with Gasteiger partial charge in [-0.25, -0.2) is 4.98 Å². The van der Waals surface area contributed by atoms with Gasteiger partial charge < -0.3 is 0 Å². The summed E-state index contributed by atoms with van der Waals surface area (Å²) in [6.07, 6.45) is 3.56. The van der Waals surface area contributed by atoms with Crippen molar-refractivity contribution in [3.63, 3.8) is 0 Å². The van der Waals surface area contributed by atoms with Gasteiger partial charge in [0, 0.05) is 12.3 Å². The Morgan fingerprint density at radius 2 is 2.27 bits per heavy atom. The van der Waals surface area contributed by atoms with Crippen LogP contribution in [0.4, 0.5) is 0 Å². The molecule has 4 heteroatoms. The molecule has 1 aromatic heterocycles. The Morgan fingerprint density at radius 3 is 2.87 bits per heavy atom. The van der Waals surface area contributed by atoms with Crippen LogP contribution >= 0.6 is 11.5 Å². The normalized spacial score (nSPS) is 15.9. The van der Waals surface area contributed by atoms with Crippen molar-refractivity contribution in [2.75, 3.05) is 0 Å². The lowest BCUT2D eigenvalue weighted by Crippen LogP contribution is -2.06. The number of hydrogen-bond acceptors (Lipinski definition) is 4. The predicted molar refractivity (Wildman–Crippen MR) is 60.1 cm³/mol. The molecule has 0 aromatic carbocycles. The van der Waals surface area contributed by atoms with Crippen molar-refractivity contribution in [3.05, 3.63) is 10.8 Å². The van der Waals surface area contributed by atoms with E-state index in [0.717, 1.165) is 10.8 Å². The lowest BCUT2D eigenvalue weighted by molar-refractivity contribution is -0.119. The van der Waals surface area contributed by atoms with E-state index >= 15 is 0 Å². The van der Waals surface area contributed by atoms with Crippen LogP contribution in [0.1, 0.15) is 49.9 Å². The summed E-state index contributed by atoms with van der Waals surface area (Å²) < 4.78 is 4.29. The molecule has 1 aromatic rings. The molecule has 0 unspecified atom stereocenters. The Kier molecular flexibility index (Phi) is 3.14. The van der Waals surface area contributed by atoms with Crippen molar-refractivity contribution < 1.29 is 4.79 Å². The van der Waals surface area contributed by atoms with E-state index in [4.69, 9.17) is 0 Å². The van der Waals surface area contributed by atoms with Gasteiger partial charge in [-0.1, -0.05) is 13.8 Å². The van der Waals surface area contributed by atoms with E-state index in [1.54, 1.807) is 0 Å². The Morgan fingerprint density at radius 1 is 1.53 bits per heavy atom. The molecule has 0 aliphatic heterocycles. The smallest absolute Gasteiger partial charge is 0.145 e. The fourth-order valence-corrected chi connectivity index (χ4v) is 2.29. The maximum absolute atomic E-state index is 11.6. The van der Waals surface area contributed by atoms with Gasteiger partial charge in [0.2, 0.25) is 0 Å². The Labute approximate surface area is 94.1 Å². The summed E-state index contributed by atoms with van der Waals surface area (Å²) in [7, 11) is 0. The third kappa shape index (κ3) is 3.09. The second-order valence-corrected chi connectivity index (χ2v) is 5.47. The average Bonchev–Trinajstić information content (AvgIpc) is 2.87. The zero-order chi connectivity index (χ0) is 10.8. The molecular weight excluding hydrogens is 208 g/mol. The number of Topliss-reactive ketones (excluding diaryl/α,β-unsaturated/α-hetero) is 1. The van der Waals surface area contributed by atoms with Crippen molar-refractivity contribution >= 4 is 17.3 Å². The number of ketones is 1. The maximum Gasteiger partial charge on any atom is 0.145 e. The molecule has 0 radical (unpaired) electrons. The summed E-state index contributed by atoms with van der Waals surface area (Å²) in [5.74, 6) is 2.28. The average molecular weight is 224 g/mol. The van der Waals surface area contributed by atoms with Crippen molar-refractivity contribution in [3.8, 4) is 0 Å². The van der Waals surface area contributed by atoms with Crippen LogP contribution in [0.3, 0.4) is 0 Å². The molecule has 0 atom stereocenters. The van der Waals surface area contributed by atoms with Gasteiger partial charge in [0.15, 0.2) is 0 Å². The maximum atomic E-state index is 11.6. The summed E-state index contributed by atoms with van der Waals surface area (Å²) in [6, 6.07) is 0. The van der Waals surface area contributed by atoms with Gasteiger partial charge in [0.1, 0.15) is 16.6 Å². The summed E-state index contributed by atoms with van der Waals surface area (Å²) >= 11 is 1.39. The number of aromatic nitrogens is 2. The molecule has 82 valence electrons. The molecule has 2 rings (SSSR count). The second-order valence-electron chi connectivity index (χ2n) is 4.63. The zero-order valence-electron chi connectivity index (χ0n) is 9.19. The van der Waals surface area contributed by atoms with E-state index in [1.807, 2.05) is 0 Å². The lowest BCUT2D eigenvalue weighted by atomic mass is 10.1. The molecule has 1 aliphatic carbocycles. The largest absolute Gasteiger partial charge is 0.299 e. The lowest BCUT2D eigenvalue weighted by Gasteiger charge is -2.00. The van der Waals surface area contributed by atoms with Crippen LogP contribution in [0.2, 0.25) is 0 Å². The summed E-state index contributed by atoms with van der Waals surface area (Å²) in [6.45, 7) is 4.13. The fourth-order valence-electron chi connectivity index (χ4n) is 1.54. The fraction of sp³-hybridized carbons (Fsp3) is 0.727. The molecule has 0 saturated heterocycles. The number of rotatable bonds is 5. The van der Waals surface area contributed by atoms with Crippen LogP contribution in [0.15, 0.2) is 0 Å². The van der Waals surface area contributed by atoms with Gasteiger partial charge in [0.05, 0.1) is 6.42 Å². The molecule has 1 aliphatic rings. The highest BCUT2D eigenvalue weighted by Gasteiger charge is 2.27. The molecular formula is C11H16N2OS. The van der Waals surface area contributed by atoms with Crippen molar-refractivity contribution in [2.45, 2.75) is 45.4 Å². The standard InChI is InChI=1S/C11H16N2OS/c1-7(2)5-9(14)6-10-12-11(13-15-10)8-3-4-8/h7-8H,3-6H2,1-2H3. The summed E-state index contributed by atoms with van der Waals surface area (Å²) in [4.78, 5) is 16.0. The van der Waals surface area contributed by atoms with E-state index < -0.39 is 0 Å². The minimum Gasteiger partial charge on any atom is -0.299 e. The third-order valence-corrected chi connectivity index (χ3v) is 3.14. The highest BCUT2D eigenvalue weighted by molar-refractivity contribution is 7.05. The molecule has 0 N–H and O–H groups in total. The van der Waals surface area contributed by atoms with E-state index in [9.17, 15) is 4.79 Å². The molecule has 3 nitrogen and oxygen atoms in total. The van der Waals surface area contributed by atoms with E-state index in [1.165, 1.54) is 24.4 Å². The van der Waals surface area contributed by atoms with Crippen LogP contribution in [-0.2, 0) is 11.2 Å². The van der Waals surface area contributed by atoms with Crippen molar-refractivity contribution in [1.29, 1.82) is 0 Å². The molecule has 15 heavy (non-hydrogen) atoms. The first-order chi connectivity index (χ1) is 7.15.